The minimum atomic E-state index is -1.93. The highest BCUT2D eigenvalue weighted by atomic mass is 16.5. The molecule has 0 aromatic heterocycles. The highest BCUT2D eigenvalue weighted by molar-refractivity contribution is 6.08. The first kappa shape index (κ1) is 18.7. The average molecular weight is 376 g/mol. The first-order chi connectivity index (χ1) is 12.8. The second kappa shape index (κ2) is 6.88. The number of carbonyl (C=O) groups is 1. The van der Waals surface area contributed by atoms with Crippen LogP contribution in [0.1, 0.15) is 15.9 Å². The first-order valence-electron chi connectivity index (χ1n) is 8.08. The molecule has 8 nitrogen and oxygen atoms in total. The third kappa shape index (κ3) is 3.08. The molecule has 144 valence electrons. The van der Waals surface area contributed by atoms with Crippen LogP contribution >= 0.6 is 0 Å². The van der Waals surface area contributed by atoms with Crippen molar-refractivity contribution in [2.75, 3.05) is 27.9 Å². The van der Waals surface area contributed by atoms with E-state index in [0.717, 1.165) is 0 Å². The monoisotopic (exact) mass is 376 g/mol. The topological polar surface area (TPSA) is 115 Å². The third-order valence-corrected chi connectivity index (χ3v) is 4.45. The summed E-state index contributed by atoms with van der Waals surface area (Å²) in [6.07, 6.45) is -0.128. The van der Waals surface area contributed by atoms with E-state index in [9.17, 15) is 20.1 Å². The highest BCUT2D eigenvalue weighted by Crippen LogP contribution is 2.48. The summed E-state index contributed by atoms with van der Waals surface area (Å²) in [5, 5.41) is 31.1. The second-order valence-corrected chi connectivity index (χ2v) is 6.17. The predicted molar refractivity (Wildman–Crippen MR) is 94.3 cm³/mol. The van der Waals surface area contributed by atoms with Crippen molar-refractivity contribution in [1.82, 2.24) is 0 Å². The Morgan fingerprint density at radius 2 is 1.74 bits per heavy atom. The van der Waals surface area contributed by atoms with Gasteiger partial charge in [-0.15, -0.1) is 0 Å². The van der Waals surface area contributed by atoms with Gasteiger partial charge < -0.3 is 34.3 Å². The summed E-state index contributed by atoms with van der Waals surface area (Å²) >= 11 is 0. The molecule has 0 saturated carbocycles. The molecule has 0 fully saturated rings. The van der Waals surface area contributed by atoms with Gasteiger partial charge >= 0.3 is 0 Å². The molecule has 1 unspecified atom stereocenters. The van der Waals surface area contributed by atoms with Crippen molar-refractivity contribution < 1.29 is 39.1 Å². The van der Waals surface area contributed by atoms with E-state index in [1.54, 1.807) is 6.07 Å². The molecule has 3 rings (SSSR count). The summed E-state index contributed by atoms with van der Waals surface area (Å²) in [5.41, 5.74) is -1.61. The summed E-state index contributed by atoms with van der Waals surface area (Å²) in [5.74, 6) is -0.563. The molecule has 1 aliphatic rings. The molecule has 27 heavy (non-hydrogen) atoms. The van der Waals surface area contributed by atoms with E-state index in [0.29, 0.717) is 5.56 Å². The molecule has 0 amide bonds. The number of phenols is 2. The summed E-state index contributed by atoms with van der Waals surface area (Å²) in [6, 6.07) is 5.77. The Morgan fingerprint density at radius 1 is 1.04 bits per heavy atom. The molecule has 1 aliphatic heterocycles. The van der Waals surface area contributed by atoms with Crippen molar-refractivity contribution in [3.63, 3.8) is 0 Å². The maximum absolute atomic E-state index is 13.0. The fourth-order valence-corrected chi connectivity index (χ4v) is 3.11. The molecule has 8 heteroatoms. The minimum Gasteiger partial charge on any atom is -0.507 e. The lowest BCUT2D eigenvalue weighted by atomic mass is 9.84. The number of Topliss-reactive ketones (excluding diaryl/α,β-unsaturated/α-hetero) is 1. The highest BCUT2D eigenvalue weighted by Gasteiger charge is 2.46. The molecule has 0 radical (unpaired) electrons. The van der Waals surface area contributed by atoms with Crippen LogP contribution in [0.25, 0.3) is 0 Å². The van der Waals surface area contributed by atoms with Crippen molar-refractivity contribution in [3.8, 4) is 34.5 Å². The number of rotatable bonds is 5. The molecule has 0 saturated heterocycles. The van der Waals surface area contributed by atoms with Gasteiger partial charge in [0.05, 0.1) is 21.3 Å². The summed E-state index contributed by atoms with van der Waals surface area (Å²) in [4.78, 5) is 13.0. The first-order valence-corrected chi connectivity index (χ1v) is 8.08. The van der Waals surface area contributed by atoms with Crippen molar-refractivity contribution in [3.05, 3.63) is 35.4 Å². The van der Waals surface area contributed by atoms with Crippen molar-refractivity contribution in [2.45, 2.75) is 12.0 Å². The van der Waals surface area contributed by atoms with Crippen LogP contribution in [0.5, 0.6) is 34.5 Å². The van der Waals surface area contributed by atoms with Gasteiger partial charge in [-0.3, -0.25) is 4.79 Å². The number of hydrogen-bond donors (Lipinski definition) is 3. The van der Waals surface area contributed by atoms with Gasteiger partial charge in [0.15, 0.2) is 28.6 Å². The molecule has 0 aliphatic carbocycles. The molecule has 0 bridgehead atoms. The van der Waals surface area contributed by atoms with Gasteiger partial charge in [0.1, 0.15) is 17.9 Å². The Labute approximate surface area is 155 Å². The number of ketones is 1. The van der Waals surface area contributed by atoms with Gasteiger partial charge in [-0.2, -0.15) is 0 Å². The van der Waals surface area contributed by atoms with E-state index in [1.807, 2.05) is 0 Å². The van der Waals surface area contributed by atoms with Crippen LogP contribution in [-0.4, -0.2) is 54.6 Å². The van der Waals surface area contributed by atoms with Gasteiger partial charge in [0.2, 0.25) is 11.5 Å². The van der Waals surface area contributed by atoms with E-state index in [-0.39, 0.29) is 53.1 Å². The number of aliphatic hydroxyl groups is 1. The Balaban J connectivity index is 1.99. The minimum absolute atomic E-state index is 0.0154. The second-order valence-electron chi connectivity index (χ2n) is 6.17. The Bertz CT molecular complexity index is 892. The Kier molecular flexibility index (Phi) is 4.75. The third-order valence-electron chi connectivity index (χ3n) is 4.45. The van der Waals surface area contributed by atoms with Gasteiger partial charge in [0, 0.05) is 12.5 Å². The zero-order chi connectivity index (χ0) is 19.8. The van der Waals surface area contributed by atoms with E-state index in [2.05, 4.69) is 0 Å². The standard InChI is InChI=1S/C19H20O8/c1-24-13-5-4-10(6-11(13)20)8-19(23)9-27-17-15(18(19)22)12(21)7-14(25-2)16(17)26-3/h4-7,20-21,23H,8-9H2,1-3H3. The van der Waals surface area contributed by atoms with E-state index in [1.165, 1.54) is 39.5 Å². The van der Waals surface area contributed by atoms with Crippen molar-refractivity contribution in [1.29, 1.82) is 0 Å². The van der Waals surface area contributed by atoms with Crippen LogP contribution in [0.2, 0.25) is 0 Å². The molecular formula is C19H20O8. The summed E-state index contributed by atoms with van der Waals surface area (Å²) < 4.78 is 20.9. The zero-order valence-electron chi connectivity index (χ0n) is 15.1. The van der Waals surface area contributed by atoms with Crippen LogP contribution in [0, 0.1) is 0 Å². The van der Waals surface area contributed by atoms with Gasteiger partial charge in [-0.25, -0.2) is 0 Å². The number of aromatic hydroxyl groups is 2. The van der Waals surface area contributed by atoms with Crippen molar-refractivity contribution >= 4 is 5.78 Å². The number of hydrogen-bond acceptors (Lipinski definition) is 8. The molecular weight excluding hydrogens is 356 g/mol. The number of carbonyl (C=O) groups excluding carboxylic acids is 1. The predicted octanol–water partition coefficient (Wildman–Crippen LogP) is 1.67. The lowest BCUT2D eigenvalue weighted by Gasteiger charge is -2.33. The number of phenolic OH excluding ortho intramolecular Hbond substituents is 2. The molecule has 2 aromatic carbocycles. The SMILES string of the molecule is COc1ccc(CC2(O)COc3c(OC)c(OC)cc(O)c3C2=O)cc1O. The molecule has 1 heterocycles. The zero-order valence-corrected chi connectivity index (χ0v) is 15.1. The smallest absolute Gasteiger partial charge is 0.205 e. The maximum atomic E-state index is 13.0. The lowest BCUT2D eigenvalue weighted by Crippen LogP contribution is -2.49. The van der Waals surface area contributed by atoms with Crippen LogP contribution in [-0.2, 0) is 6.42 Å². The molecule has 1 atom stereocenters. The Hall–Kier alpha value is -3.13. The van der Waals surface area contributed by atoms with Crippen LogP contribution in [0.15, 0.2) is 24.3 Å². The van der Waals surface area contributed by atoms with Crippen LogP contribution in [0.4, 0.5) is 0 Å². The van der Waals surface area contributed by atoms with E-state index in [4.69, 9.17) is 18.9 Å². The molecule has 0 spiro atoms. The van der Waals surface area contributed by atoms with Gasteiger partial charge in [-0.05, 0) is 17.7 Å². The number of ether oxygens (including phenoxy) is 4. The summed E-state index contributed by atoms with van der Waals surface area (Å²) in [6.45, 7) is -0.353. The van der Waals surface area contributed by atoms with E-state index < -0.39 is 11.4 Å². The van der Waals surface area contributed by atoms with E-state index >= 15 is 0 Å². The molecule has 2 aromatic rings. The Morgan fingerprint density at radius 3 is 2.33 bits per heavy atom. The average Bonchev–Trinajstić information content (AvgIpc) is 2.64. The number of benzene rings is 2. The maximum Gasteiger partial charge on any atom is 0.205 e. The van der Waals surface area contributed by atoms with Crippen LogP contribution in [0.3, 0.4) is 0 Å². The number of methoxy groups -OCH3 is 3. The fraction of sp³-hybridized carbons (Fsp3) is 0.316. The quantitative estimate of drug-likeness (QED) is 0.722. The van der Waals surface area contributed by atoms with Crippen LogP contribution < -0.4 is 18.9 Å². The van der Waals surface area contributed by atoms with Crippen molar-refractivity contribution in [2.24, 2.45) is 0 Å². The largest absolute Gasteiger partial charge is 0.507 e. The molecule has 3 N–H and O–H groups in total. The normalized spacial score (nSPS) is 18.4. The van der Waals surface area contributed by atoms with Gasteiger partial charge in [0.25, 0.3) is 0 Å². The fourth-order valence-electron chi connectivity index (χ4n) is 3.11. The number of fused-ring (bicyclic) bond motifs is 1. The lowest BCUT2D eigenvalue weighted by molar-refractivity contribution is -0.00317. The van der Waals surface area contributed by atoms with Gasteiger partial charge in [-0.1, -0.05) is 6.07 Å². The summed E-state index contributed by atoms with van der Waals surface area (Å²) in [7, 11) is 4.19.